The van der Waals surface area contributed by atoms with Crippen LogP contribution in [0.4, 0.5) is 0 Å². The molecule has 108 valence electrons. The van der Waals surface area contributed by atoms with Gasteiger partial charge in [0, 0.05) is 12.0 Å². The predicted molar refractivity (Wildman–Crippen MR) is 73.6 cm³/mol. The van der Waals surface area contributed by atoms with Gasteiger partial charge in [0.1, 0.15) is 6.54 Å². The van der Waals surface area contributed by atoms with Crippen molar-refractivity contribution in [2.24, 2.45) is 0 Å². The minimum Gasteiger partial charge on any atom is -1.00 e. The van der Waals surface area contributed by atoms with Crippen molar-refractivity contribution in [2.45, 2.75) is 32.4 Å². The van der Waals surface area contributed by atoms with Crippen LogP contribution >= 0.6 is 0 Å². The van der Waals surface area contributed by atoms with Crippen LogP contribution in [0.3, 0.4) is 0 Å². The van der Waals surface area contributed by atoms with Crippen molar-refractivity contribution in [3.63, 3.8) is 0 Å². The Labute approximate surface area is 141 Å². The molecule has 0 aliphatic rings. The summed E-state index contributed by atoms with van der Waals surface area (Å²) in [4.78, 5) is 9.34. The van der Waals surface area contributed by atoms with Gasteiger partial charge >= 0.3 is 29.0 Å². The largest absolute Gasteiger partial charge is 2.00 e. The molecule has 0 N–H and O–H groups in total. The molecule has 0 saturated heterocycles. The van der Waals surface area contributed by atoms with Crippen LogP contribution < -0.4 is 12.4 Å². The molecule has 0 aliphatic carbocycles. The standard InChI is InChI=1S/C13H18NO4.ClH.Mg/c1-11(8-9-13(15)18-2)14(16,17)10-12-6-4-3-5-7-12;;/h3-7,11H,8-10H2,1-2H3;1H;/q-1;;+2/p-1. The van der Waals surface area contributed by atoms with Crippen molar-refractivity contribution < 1.29 is 26.7 Å². The van der Waals surface area contributed by atoms with Gasteiger partial charge in [-0.05, 0) is 6.92 Å². The molecule has 1 rings (SSSR count). The van der Waals surface area contributed by atoms with Gasteiger partial charge in [0.15, 0.2) is 0 Å². The van der Waals surface area contributed by atoms with E-state index in [-0.39, 0.29) is 54.8 Å². The van der Waals surface area contributed by atoms with Crippen LogP contribution in [0.15, 0.2) is 30.3 Å². The fourth-order valence-corrected chi connectivity index (χ4v) is 1.62. The smallest absolute Gasteiger partial charge is 1.00 e. The van der Waals surface area contributed by atoms with Gasteiger partial charge in [-0.1, -0.05) is 30.3 Å². The summed E-state index contributed by atoms with van der Waals surface area (Å²) in [7, 11) is 1.29. The predicted octanol–water partition coefficient (Wildman–Crippen LogP) is -1.04. The van der Waals surface area contributed by atoms with E-state index >= 15 is 0 Å². The number of hydrogen-bond donors (Lipinski definition) is 0. The molecule has 0 radical (unpaired) electrons. The average Bonchev–Trinajstić information content (AvgIpc) is 2.36. The Hall–Kier alpha value is -0.374. The molecule has 1 unspecified atom stereocenters. The molecule has 0 spiro atoms. The van der Waals surface area contributed by atoms with Gasteiger partial charge in [0.25, 0.3) is 0 Å². The number of carbonyl (C=O) groups is 1. The van der Waals surface area contributed by atoms with Crippen LogP contribution in [0.25, 0.3) is 0 Å². The molecule has 0 fully saturated rings. The van der Waals surface area contributed by atoms with E-state index in [0.717, 1.165) is 0 Å². The van der Waals surface area contributed by atoms with E-state index in [1.165, 1.54) is 7.11 Å². The second-order valence-corrected chi connectivity index (χ2v) is 4.33. The Morgan fingerprint density at radius 1 is 1.30 bits per heavy atom. The molecule has 1 atom stereocenters. The summed E-state index contributed by atoms with van der Waals surface area (Å²) in [5.41, 5.74) is 0.701. The van der Waals surface area contributed by atoms with Crippen molar-refractivity contribution >= 4 is 29.0 Å². The number of hydroxylamine groups is 4. The number of ether oxygens (including phenoxy) is 1. The van der Waals surface area contributed by atoms with Crippen molar-refractivity contribution in [1.82, 2.24) is 0 Å². The van der Waals surface area contributed by atoms with E-state index in [0.29, 0.717) is 5.56 Å². The van der Waals surface area contributed by atoms with E-state index in [1.807, 2.05) is 6.07 Å². The van der Waals surface area contributed by atoms with Crippen molar-refractivity contribution in [1.29, 1.82) is 0 Å². The topological polar surface area (TPSA) is 72.4 Å². The van der Waals surface area contributed by atoms with Crippen LogP contribution in [0.5, 0.6) is 0 Å². The normalized spacial score (nSPS) is 11.8. The molecular weight excluding hydrogens is 294 g/mol. The van der Waals surface area contributed by atoms with Gasteiger partial charge in [0.05, 0.1) is 19.6 Å². The third-order valence-corrected chi connectivity index (χ3v) is 2.91. The minimum atomic E-state index is -1.62. The zero-order valence-corrected chi connectivity index (χ0v) is 13.9. The Balaban J connectivity index is 0. The number of rotatable bonds is 6. The molecule has 20 heavy (non-hydrogen) atoms. The van der Waals surface area contributed by atoms with Crippen molar-refractivity contribution in [2.75, 3.05) is 7.11 Å². The molecule has 0 bridgehead atoms. The fourth-order valence-electron chi connectivity index (χ4n) is 1.62. The molecular formula is C13H18ClMgNO4. The number of hydrogen-bond acceptors (Lipinski definition) is 4. The summed E-state index contributed by atoms with van der Waals surface area (Å²) in [6, 6.07) is 8.20. The van der Waals surface area contributed by atoms with Crippen LogP contribution in [0.2, 0.25) is 0 Å². The van der Waals surface area contributed by atoms with Gasteiger partial charge < -0.3 is 32.4 Å². The van der Waals surface area contributed by atoms with E-state index in [4.69, 9.17) is 0 Å². The molecule has 0 saturated carbocycles. The van der Waals surface area contributed by atoms with Gasteiger partial charge in [-0.25, -0.2) is 0 Å². The number of benzene rings is 1. The second-order valence-electron chi connectivity index (χ2n) is 4.33. The number of halogens is 1. The number of quaternary nitrogens is 1. The van der Waals surface area contributed by atoms with E-state index in [1.54, 1.807) is 31.2 Å². The Morgan fingerprint density at radius 2 is 1.85 bits per heavy atom. The Morgan fingerprint density at radius 3 is 2.35 bits per heavy atom. The van der Waals surface area contributed by atoms with E-state index in [2.05, 4.69) is 4.74 Å². The summed E-state index contributed by atoms with van der Waals surface area (Å²) < 4.78 is 4.48. The number of methoxy groups -OCH3 is 1. The fraction of sp³-hybridized carbons (Fsp3) is 0.462. The summed E-state index contributed by atoms with van der Waals surface area (Å²) >= 11 is 0. The first-order valence-corrected chi connectivity index (χ1v) is 5.86. The first kappa shape index (κ1) is 21.9. The molecule has 1 aromatic rings. The quantitative estimate of drug-likeness (QED) is 0.291. The van der Waals surface area contributed by atoms with E-state index in [9.17, 15) is 15.2 Å². The van der Waals surface area contributed by atoms with Crippen LogP contribution in [-0.2, 0) is 16.1 Å². The monoisotopic (exact) mass is 311 g/mol. The number of nitrogens with zero attached hydrogens (tertiary/aromatic N) is 1. The third-order valence-electron chi connectivity index (χ3n) is 2.91. The third kappa shape index (κ3) is 7.42. The van der Waals surface area contributed by atoms with Crippen molar-refractivity contribution in [3.8, 4) is 0 Å². The number of esters is 1. The summed E-state index contributed by atoms with van der Waals surface area (Å²) in [5, 5.41) is 23.8. The molecule has 7 heteroatoms. The summed E-state index contributed by atoms with van der Waals surface area (Å²) in [5.74, 6) is -0.401. The molecule has 0 aromatic heterocycles. The first-order valence-electron chi connectivity index (χ1n) is 5.86. The Kier molecular flexibility index (Phi) is 11.4. The van der Waals surface area contributed by atoms with E-state index < -0.39 is 16.8 Å². The van der Waals surface area contributed by atoms with Gasteiger partial charge in [-0.2, -0.15) is 0 Å². The molecule has 5 nitrogen and oxygen atoms in total. The van der Waals surface area contributed by atoms with Crippen LogP contribution in [0, 0.1) is 10.4 Å². The zero-order valence-electron chi connectivity index (χ0n) is 11.8. The number of carbonyl (C=O) groups excluding carboxylic acids is 1. The summed E-state index contributed by atoms with van der Waals surface area (Å²) in [6.45, 7) is 1.43. The Bertz CT molecular complexity index is 389. The molecule has 0 heterocycles. The van der Waals surface area contributed by atoms with Gasteiger partial charge in [0.2, 0.25) is 0 Å². The van der Waals surface area contributed by atoms with Crippen LogP contribution in [0.1, 0.15) is 25.3 Å². The maximum absolute atomic E-state index is 11.9. The van der Waals surface area contributed by atoms with Gasteiger partial charge in [-0.3, -0.25) is 4.79 Å². The maximum Gasteiger partial charge on any atom is 2.00 e. The van der Waals surface area contributed by atoms with Gasteiger partial charge in [-0.15, -0.1) is 0 Å². The minimum absolute atomic E-state index is 0. The second kappa shape index (κ2) is 10.4. The molecule has 1 aromatic carbocycles. The average molecular weight is 312 g/mol. The maximum atomic E-state index is 11.9. The summed E-state index contributed by atoms with van der Waals surface area (Å²) in [6.07, 6.45) is 0.323. The zero-order chi connectivity index (χ0) is 13.6. The van der Waals surface area contributed by atoms with Crippen molar-refractivity contribution in [3.05, 3.63) is 46.3 Å². The first-order chi connectivity index (χ1) is 8.45. The molecule has 0 amide bonds. The van der Waals surface area contributed by atoms with Crippen LogP contribution in [-0.4, -0.2) is 47.0 Å². The molecule has 0 aliphatic heterocycles. The SMILES string of the molecule is COC(=O)CCC(C)[N+]([O-])([O-])Cc1ccccc1.[Cl-].[Mg+2].